The largest absolute Gasteiger partial charge is 0.391 e. The molecule has 46 heavy (non-hydrogen) atoms. The molecule has 0 saturated heterocycles. The zero-order valence-corrected chi connectivity index (χ0v) is 30.8. The van der Waals surface area contributed by atoms with Crippen LogP contribution >= 0.6 is 0 Å². The molecule has 7 heteroatoms. The molecule has 2 unspecified atom stereocenters. The zero-order valence-electron chi connectivity index (χ0n) is 29.9. The fourth-order valence-electron chi connectivity index (χ4n) is 5.76. The Kier molecular flexibility index (Phi) is 32.4. The highest BCUT2D eigenvalue weighted by molar-refractivity contribution is 7.85. The molecule has 0 aromatic heterocycles. The van der Waals surface area contributed by atoms with Crippen molar-refractivity contribution >= 4 is 16.0 Å². The van der Waals surface area contributed by atoms with E-state index in [-0.39, 0.29) is 12.3 Å². The normalized spacial score (nSPS) is 13.7. The monoisotopic (exact) mass is 668 g/mol. The van der Waals surface area contributed by atoms with Crippen LogP contribution in [0.5, 0.6) is 0 Å². The molecular weight excluding hydrogens is 594 g/mol. The van der Waals surface area contributed by atoms with E-state index in [4.69, 9.17) is 0 Å². The van der Waals surface area contributed by atoms with E-state index in [1.807, 2.05) is 0 Å². The Balaban J connectivity index is 3.91. The topological polar surface area (TPSA) is 104 Å². The van der Waals surface area contributed by atoms with Crippen LogP contribution in [0.15, 0.2) is 36.5 Å². The second-order valence-electron chi connectivity index (χ2n) is 13.2. The van der Waals surface area contributed by atoms with Crippen LogP contribution in [0.1, 0.15) is 187 Å². The molecule has 1 amide bonds. The van der Waals surface area contributed by atoms with Crippen LogP contribution in [0.4, 0.5) is 0 Å². The molecule has 0 aliphatic heterocycles. The summed E-state index contributed by atoms with van der Waals surface area (Å²) in [5.41, 5.74) is 0. The van der Waals surface area contributed by atoms with Gasteiger partial charge >= 0.3 is 0 Å². The quantitative estimate of drug-likeness (QED) is 0.0360. The summed E-state index contributed by atoms with van der Waals surface area (Å²) in [6.07, 6.45) is 42.4. The lowest BCUT2D eigenvalue weighted by atomic mass is 10.0. The lowest BCUT2D eigenvalue weighted by molar-refractivity contribution is -0.122. The number of hydrogen-bond acceptors (Lipinski definition) is 4. The highest BCUT2D eigenvalue weighted by atomic mass is 32.2. The predicted octanol–water partition coefficient (Wildman–Crippen LogP) is 11.0. The lowest BCUT2D eigenvalue weighted by Gasteiger charge is -2.23. The first-order valence-electron chi connectivity index (χ1n) is 19.2. The fraction of sp³-hybridized carbons (Fsp3) is 0.821. The van der Waals surface area contributed by atoms with Crippen molar-refractivity contribution in [1.29, 1.82) is 0 Å². The molecule has 0 aromatic rings. The van der Waals surface area contributed by atoms with Crippen LogP contribution in [0.25, 0.3) is 0 Å². The summed E-state index contributed by atoms with van der Waals surface area (Å²) in [7, 11) is -4.32. The van der Waals surface area contributed by atoms with Crippen molar-refractivity contribution in [2.75, 3.05) is 5.75 Å². The Morgan fingerprint density at radius 3 is 1.52 bits per heavy atom. The molecule has 3 N–H and O–H groups in total. The molecule has 6 nitrogen and oxygen atoms in total. The SMILES string of the molecule is CC/C=C\C/C=C\C/C=C\CCCCCC(=O)NC(CS(=O)(=O)O)C(O)CCCCCCCCCCCCCCCCCCCC. The summed E-state index contributed by atoms with van der Waals surface area (Å²) >= 11 is 0. The van der Waals surface area contributed by atoms with Gasteiger partial charge in [0.25, 0.3) is 10.1 Å². The number of carbonyl (C=O) groups is 1. The second kappa shape index (κ2) is 33.5. The van der Waals surface area contributed by atoms with Gasteiger partial charge in [-0.2, -0.15) is 8.42 Å². The molecule has 0 bridgehead atoms. The number of aliphatic hydroxyl groups excluding tert-OH is 1. The van der Waals surface area contributed by atoms with E-state index < -0.39 is 28.0 Å². The molecule has 0 spiro atoms. The number of allylic oxidation sites excluding steroid dienone is 6. The molecule has 0 heterocycles. The maximum atomic E-state index is 12.5. The second-order valence-corrected chi connectivity index (χ2v) is 14.7. The molecule has 2 atom stereocenters. The minimum Gasteiger partial charge on any atom is -0.391 e. The number of nitrogens with one attached hydrogen (secondary N) is 1. The van der Waals surface area contributed by atoms with Gasteiger partial charge in [0.05, 0.1) is 17.9 Å². The minimum absolute atomic E-state index is 0.275. The van der Waals surface area contributed by atoms with Crippen LogP contribution < -0.4 is 5.32 Å². The molecule has 0 aliphatic rings. The number of amides is 1. The molecule has 270 valence electrons. The molecule has 0 aliphatic carbocycles. The summed E-state index contributed by atoms with van der Waals surface area (Å²) in [5, 5.41) is 13.3. The number of aliphatic hydroxyl groups is 1. The van der Waals surface area contributed by atoms with Gasteiger partial charge in [-0.15, -0.1) is 0 Å². The fourth-order valence-corrected chi connectivity index (χ4v) is 6.52. The first-order chi connectivity index (χ1) is 22.3. The van der Waals surface area contributed by atoms with E-state index >= 15 is 0 Å². The number of hydrogen-bond donors (Lipinski definition) is 3. The zero-order chi connectivity index (χ0) is 34.0. The third-order valence-corrected chi connectivity index (χ3v) is 9.39. The van der Waals surface area contributed by atoms with E-state index in [1.54, 1.807) is 0 Å². The number of rotatable bonds is 34. The Labute approximate surface area is 285 Å². The first kappa shape index (κ1) is 44.6. The van der Waals surface area contributed by atoms with Gasteiger partial charge in [-0.05, 0) is 44.9 Å². The molecule has 0 radical (unpaired) electrons. The minimum atomic E-state index is -4.32. The van der Waals surface area contributed by atoms with Gasteiger partial charge in [0.15, 0.2) is 0 Å². The van der Waals surface area contributed by atoms with Crippen LogP contribution in [-0.4, -0.2) is 41.9 Å². The third-order valence-electron chi connectivity index (χ3n) is 8.61. The van der Waals surface area contributed by atoms with Crippen LogP contribution in [0, 0.1) is 0 Å². The van der Waals surface area contributed by atoms with Gasteiger partial charge in [-0.1, -0.05) is 172 Å². The van der Waals surface area contributed by atoms with Crippen molar-refractivity contribution in [2.24, 2.45) is 0 Å². The van der Waals surface area contributed by atoms with E-state index in [9.17, 15) is 22.9 Å². The van der Waals surface area contributed by atoms with Crippen molar-refractivity contribution < 1.29 is 22.9 Å². The summed E-state index contributed by atoms with van der Waals surface area (Å²) in [5.74, 6) is -0.934. The van der Waals surface area contributed by atoms with Gasteiger partial charge in [0.2, 0.25) is 5.91 Å². The van der Waals surface area contributed by atoms with E-state index in [1.165, 1.54) is 96.3 Å². The van der Waals surface area contributed by atoms with Crippen LogP contribution in [0.3, 0.4) is 0 Å². The summed E-state index contributed by atoms with van der Waals surface area (Å²) < 4.78 is 32.4. The highest BCUT2D eigenvalue weighted by Gasteiger charge is 2.26. The summed E-state index contributed by atoms with van der Waals surface area (Å²) in [6, 6.07) is -0.984. The number of unbranched alkanes of at least 4 members (excludes halogenated alkanes) is 20. The maximum absolute atomic E-state index is 12.5. The Bertz CT molecular complexity index is 868. The van der Waals surface area contributed by atoms with Gasteiger partial charge in [0, 0.05) is 6.42 Å². The van der Waals surface area contributed by atoms with Crippen molar-refractivity contribution in [2.45, 2.75) is 199 Å². The van der Waals surface area contributed by atoms with Crippen molar-refractivity contribution in [3.8, 4) is 0 Å². The first-order valence-corrected chi connectivity index (χ1v) is 20.8. The standard InChI is InChI=1S/C39H73NO5S/c1-3-5-7-9-11-13-15-17-18-19-20-21-23-24-26-28-30-32-34-38(41)37(36-46(43,44)45)40-39(42)35-33-31-29-27-25-22-16-14-12-10-8-6-4-2/h6,8,12,14,22,25,37-38,41H,3-5,7,9-11,13,15-21,23-24,26-36H2,1-2H3,(H,40,42)(H,43,44,45)/b8-6-,14-12-,25-22-. The Morgan fingerprint density at radius 1 is 0.609 bits per heavy atom. The Morgan fingerprint density at radius 2 is 1.04 bits per heavy atom. The Hall–Kier alpha value is -1.44. The molecule has 0 rings (SSSR count). The molecule has 0 fully saturated rings. The third kappa shape index (κ3) is 33.9. The average molecular weight is 668 g/mol. The van der Waals surface area contributed by atoms with Crippen LogP contribution in [0.2, 0.25) is 0 Å². The van der Waals surface area contributed by atoms with Gasteiger partial charge < -0.3 is 10.4 Å². The highest BCUT2D eigenvalue weighted by Crippen LogP contribution is 2.16. The van der Waals surface area contributed by atoms with Crippen molar-refractivity contribution in [3.63, 3.8) is 0 Å². The van der Waals surface area contributed by atoms with E-state index in [0.29, 0.717) is 12.8 Å². The van der Waals surface area contributed by atoms with Gasteiger partial charge in [-0.25, -0.2) is 0 Å². The lowest BCUT2D eigenvalue weighted by Crippen LogP contribution is -2.47. The van der Waals surface area contributed by atoms with Crippen molar-refractivity contribution in [1.82, 2.24) is 5.32 Å². The smallest absolute Gasteiger partial charge is 0.266 e. The molecule has 0 aromatic carbocycles. The molecular formula is C39H73NO5S. The average Bonchev–Trinajstić information content (AvgIpc) is 3.01. The molecule has 0 saturated carbocycles. The summed E-state index contributed by atoms with van der Waals surface area (Å²) in [6.45, 7) is 4.40. The predicted molar refractivity (Wildman–Crippen MR) is 198 cm³/mol. The van der Waals surface area contributed by atoms with Crippen molar-refractivity contribution in [3.05, 3.63) is 36.5 Å². The van der Waals surface area contributed by atoms with E-state index in [2.05, 4.69) is 55.6 Å². The van der Waals surface area contributed by atoms with Gasteiger partial charge in [0.1, 0.15) is 0 Å². The van der Waals surface area contributed by atoms with Crippen LogP contribution in [-0.2, 0) is 14.9 Å². The summed E-state index contributed by atoms with van der Waals surface area (Å²) in [4.78, 5) is 12.5. The van der Waals surface area contributed by atoms with Gasteiger partial charge in [-0.3, -0.25) is 9.35 Å². The van der Waals surface area contributed by atoms with E-state index in [0.717, 1.165) is 57.8 Å². The number of carbonyl (C=O) groups excluding carboxylic acids is 1. The maximum Gasteiger partial charge on any atom is 0.266 e.